The minimum absolute atomic E-state index is 0.621. The summed E-state index contributed by atoms with van der Waals surface area (Å²) in [6.45, 7) is 4.84. The molecule has 1 aromatic carbocycles. The largest absolute Gasteiger partial charge is 0.297 e. The summed E-state index contributed by atoms with van der Waals surface area (Å²) in [5, 5.41) is 0. The van der Waals surface area contributed by atoms with Crippen LogP contribution in [0.25, 0.3) is 6.08 Å². The molecule has 92 valence electrons. The lowest BCUT2D eigenvalue weighted by atomic mass is 10.1. The summed E-state index contributed by atoms with van der Waals surface area (Å²) < 4.78 is 0. The average Bonchev–Trinajstić information content (AvgIpc) is 2.42. The van der Waals surface area contributed by atoms with Crippen molar-refractivity contribution in [3.63, 3.8) is 0 Å². The Kier molecular flexibility index (Phi) is 4.81. The van der Waals surface area contributed by atoms with Crippen LogP contribution in [0, 0.1) is 0 Å². The zero-order valence-corrected chi connectivity index (χ0v) is 10.8. The Morgan fingerprint density at radius 1 is 1.12 bits per heavy atom. The van der Waals surface area contributed by atoms with Gasteiger partial charge in [-0.05, 0) is 37.9 Å². The molecule has 1 aliphatic heterocycles. The molecule has 0 aromatic heterocycles. The molecule has 0 N–H and O–H groups in total. The van der Waals surface area contributed by atoms with Gasteiger partial charge in [0.25, 0.3) is 0 Å². The van der Waals surface area contributed by atoms with Crippen LogP contribution in [0.3, 0.4) is 0 Å². The molecule has 17 heavy (non-hydrogen) atoms. The topological polar surface area (TPSA) is 3.24 Å². The fourth-order valence-corrected chi connectivity index (χ4v) is 2.55. The van der Waals surface area contributed by atoms with Gasteiger partial charge in [-0.25, -0.2) is 0 Å². The van der Waals surface area contributed by atoms with Gasteiger partial charge >= 0.3 is 0 Å². The molecule has 1 nitrogen and oxygen atoms in total. The van der Waals surface area contributed by atoms with E-state index in [0.717, 1.165) is 0 Å². The summed E-state index contributed by atoms with van der Waals surface area (Å²) in [7, 11) is 0. The normalized spacial score (nSPS) is 19.6. The Labute approximate surface area is 105 Å². The first-order valence-corrected chi connectivity index (χ1v) is 6.87. The summed E-state index contributed by atoms with van der Waals surface area (Å²) in [4.78, 5) is 2.63. The van der Waals surface area contributed by atoms with Crippen LogP contribution in [0.5, 0.6) is 0 Å². The molecule has 0 spiro atoms. The van der Waals surface area contributed by atoms with Crippen LogP contribution < -0.4 is 0 Å². The van der Waals surface area contributed by atoms with E-state index in [2.05, 4.69) is 54.3 Å². The predicted molar refractivity (Wildman–Crippen MR) is 75.0 cm³/mol. The van der Waals surface area contributed by atoms with E-state index in [1.165, 1.54) is 44.3 Å². The maximum atomic E-state index is 2.63. The number of nitrogens with zero attached hydrogens (tertiary/aromatic N) is 1. The molecule has 0 bridgehead atoms. The zero-order chi connectivity index (χ0) is 11.9. The van der Waals surface area contributed by atoms with Crippen molar-refractivity contribution in [2.45, 2.75) is 38.6 Å². The van der Waals surface area contributed by atoms with E-state index in [-0.39, 0.29) is 0 Å². The van der Waals surface area contributed by atoms with Crippen molar-refractivity contribution in [3.05, 3.63) is 42.0 Å². The molecular weight excluding hydrogens is 206 g/mol. The highest BCUT2D eigenvalue weighted by molar-refractivity contribution is 5.49. The molecule has 1 aliphatic rings. The summed E-state index contributed by atoms with van der Waals surface area (Å²) in [5.41, 5.74) is 1.31. The van der Waals surface area contributed by atoms with Gasteiger partial charge in [0.2, 0.25) is 0 Å². The van der Waals surface area contributed by atoms with Crippen LogP contribution >= 0.6 is 0 Å². The maximum Gasteiger partial charge on any atom is 0.0278 e. The van der Waals surface area contributed by atoms with Gasteiger partial charge in [-0.1, -0.05) is 55.8 Å². The summed E-state index contributed by atoms with van der Waals surface area (Å²) in [5.74, 6) is 0. The lowest BCUT2D eigenvalue weighted by Crippen LogP contribution is -2.37. The molecule has 2 rings (SSSR count). The van der Waals surface area contributed by atoms with Crippen LogP contribution in [-0.2, 0) is 0 Å². The summed E-state index contributed by atoms with van der Waals surface area (Å²) in [6.07, 6.45) is 10.0. The SMILES string of the molecule is CCC(/C=C/c1ccccc1)N1CCCCC1. The number of hydrogen-bond donors (Lipinski definition) is 0. The van der Waals surface area contributed by atoms with Gasteiger partial charge in [0.15, 0.2) is 0 Å². The standard InChI is InChI=1S/C16H23N/c1-2-16(17-13-7-4-8-14-17)12-11-15-9-5-3-6-10-15/h3,5-6,9-12,16H,2,4,7-8,13-14H2,1H3/b12-11+. The van der Waals surface area contributed by atoms with E-state index in [1.54, 1.807) is 0 Å². The van der Waals surface area contributed by atoms with Crippen LogP contribution in [-0.4, -0.2) is 24.0 Å². The molecular formula is C16H23N. The molecule has 1 saturated heterocycles. The minimum Gasteiger partial charge on any atom is -0.297 e. The number of piperidine rings is 1. The van der Waals surface area contributed by atoms with E-state index >= 15 is 0 Å². The lowest BCUT2D eigenvalue weighted by Gasteiger charge is -2.32. The van der Waals surface area contributed by atoms with Crippen LogP contribution in [0.1, 0.15) is 38.2 Å². The Bertz CT molecular complexity index is 336. The molecule has 0 saturated carbocycles. The summed E-state index contributed by atoms with van der Waals surface area (Å²) in [6, 6.07) is 11.2. The lowest BCUT2D eigenvalue weighted by molar-refractivity contribution is 0.188. The zero-order valence-electron chi connectivity index (χ0n) is 10.8. The third-order valence-corrected chi connectivity index (χ3v) is 3.59. The molecule has 1 atom stereocenters. The molecule has 1 fully saturated rings. The Balaban J connectivity index is 1.96. The second-order valence-electron chi connectivity index (χ2n) is 4.84. The number of likely N-dealkylation sites (tertiary alicyclic amines) is 1. The van der Waals surface area contributed by atoms with Crippen molar-refractivity contribution in [3.8, 4) is 0 Å². The van der Waals surface area contributed by atoms with Crippen molar-refractivity contribution >= 4 is 6.08 Å². The minimum atomic E-state index is 0.621. The van der Waals surface area contributed by atoms with E-state index in [4.69, 9.17) is 0 Å². The van der Waals surface area contributed by atoms with Gasteiger partial charge < -0.3 is 0 Å². The van der Waals surface area contributed by atoms with Crippen molar-refractivity contribution in [2.75, 3.05) is 13.1 Å². The van der Waals surface area contributed by atoms with Gasteiger partial charge in [0, 0.05) is 6.04 Å². The predicted octanol–water partition coefficient (Wildman–Crippen LogP) is 3.96. The molecule has 0 aliphatic carbocycles. The molecule has 1 heterocycles. The van der Waals surface area contributed by atoms with Crippen LogP contribution in [0.2, 0.25) is 0 Å². The Morgan fingerprint density at radius 2 is 1.82 bits per heavy atom. The second kappa shape index (κ2) is 6.61. The summed E-state index contributed by atoms with van der Waals surface area (Å²) >= 11 is 0. The Morgan fingerprint density at radius 3 is 2.47 bits per heavy atom. The van der Waals surface area contributed by atoms with Crippen LogP contribution in [0.4, 0.5) is 0 Å². The highest BCUT2D eigenvalue weighted by Gasteiger charge is 2.16. The van der Waals surface area contributed by atoms with E-state index in [1.807, 2.05) is 0 Å². The van der Waals surface area contributed by atoms with Crippen molar-refractivity contribution in [2.24, 2.45) is 0 Å². The quantitative estimate of drug-likeness (QED) is 0.755. The van der Waals surface area contributed by atoms with Gasteiger partial charge in [-0.3, -0.25) is 4.90 Å². The third kappa shape index (κ3) is 3.71. The van der Waals surface area contributed by atoms with Crippen molar-refractivity contribution in [1.82, 2.24) is 4.90 Å². The van der Waals surface area contributed by atoms with Gasteiger partial charge in [0.1, 0.15) is 0 Å². The first-order valence-electron chi connectivity index (χ1n) is 6.87. The van der Waals surface area contributed by atoms with Crippen molar-refractivity contribution < 1.29 is 0 Å². The molecule has 1 aromatic rings. The molecule has 1 unspecified atom stereocenters. The molecule has 0 radical (unpaired) electrons. The highest BCUT2D eigenvalue weighted by atomic mass is 15.2. The van der Waals surface area contributed by atoms with Crippen molar-refractivity contribution in [1.29, 1.82) is 0 Å². The second-order valence-corrected chi connectivity index (χ2v) is 4.84. The van der Waals surface area contributed by atoms with Gasteiger partial charge in [0.05, 0.1) is 0 Å². The van der Waals surface area contributed by atoms with Gasteiger partial charge in [-0.15, -0.1) is 0 Å². The monoisotopic (exact) mass is 229 g/mol. The fraction of sp³-hybridized carbons (Fsp3) is 0.500. The first kappa shape index (κ1) is 12.4. The van der Waals surface area contributed by atoms with Gasteiger partial charge in [-0.2, -0.15) is 0 Å². The molecule has 0 amide bonds. The number of rotatable bonds is 4. The third-order valence-electron chi connectivity index (χ3n) is 3.59. The van der Waals surface area contributed by atoms with E-state index in [9.17, 15) is 0 Å². The van der Waals surface area contributed by atoms with Crippen LogP contribution in [0.15, 0.2) is 36.4 Å². The highest BCUT2D eigenvalue weighted by Crippen LogP contribution is 2.16. The maximum absolute atomic E-state index is 2.63. The number of hydrogen-bond acceptors (Lipinski definition) is 1. The molecule has 1 heteroatoms. The fourth-order valence-electron chi connectivity index (χ4n) is 2.55. The smallest absolute Gasteiger partial charge is 0.0278 e. The Hall–Kier alpha value is -1.08. The average molecular weight is 229 g/mol. The van der Waals surface area contributed by atoms with E-state index < -0.39 is 0 Å². The number of benzene rings is 1. The van der Waals surface area contributed by atoms with E-state index in [0.29, 0.717) is 6.04 Å². The first-order chi connectivity index (χ1) is 8.40.